The number of carbonyl (C=O) groups is 1. The van der Waals surface area contributed by atoms with Crippen LogP contribution in [0.3, 0.4) is 0 Å². The van der Waals surface area contributed by atoms with Crippen LogP contribution in [0, 0.1) is 0 Å². The van der Waals surface area contributed by atoms with E-state index in [1.54, 1.807) is 33.5 Å². The second-order valence-electron chi connectivity index (χ2n) is 5.58. The lowest BCUT2D eigenvalue weighted by atomic mass is 10.0. The van der Waals surface area contributed by atoms with Crippen LogP contribution >= 0.6 is 0 Å². The lowest BCUT2D eigenvalue weighted by molar-refractivity contribution is 0.0600. The number of hydrogen-bond donors (Lipinski definition) is 0. The van der Waals surface area contributed by atoms with Gasteiger partial charge in [0.1, 0.15) is 0 Å². The second-order valence-corrected chi connectivity index (χ2v) is 5.58. The van der Waals surface area contributed by atoms with Crippen molar-refractivity contribution in [3.05, 3.63) is 53.1 Å². The molecule has 144 valence electrons. The molecule has 0 fully saturated rings. The van der Waals surface area contributed by atoms with Crippen molar-refractivity contribution in [3.8, 4) is 23.0 Å². The maximum absolute atomic E-state index is 12.1. The Hall–Kier alpha value is -3.15. The van der Waals surface area contributed by atoms with Gasteiger partial charge in [0.15, 0.2) is 23.0 Å². The standard InChI is InChI=1S/C21H24O6/c1-23-17-10-9-14(11-18(17)24-2)7-6-8-15-12-19(25-3)20(26-4)13-16(15)21(22)27-5/h6,8-13H,7H2,1-5H3/b8-6+. The van der Waals surface area contributed by atoms with Crippen LogP contribution in [0.25, 0.3) is 6.08 Å². The van der Waals surface area contributed by atoms with Gasteiger partial charge in [0.05, 0.1) is 41.1 Å². The van der Waals surface area contributed by atoms with Crippen LogP contribution in [-0.4, -0.2) is 41.5 Å². The summed E-state index contributed by atoms with van der Waals surface area (Å²) in [6.45, 7) is 0. The van der Waals surface area contributed by atoms with E-state index < -0.39 is 5.97 Å². The Labute approximate surface area is 159 Å². The molecule has 0 aliphatic carbocycles. The van der Waals surface area contributed by atoms with E-state index in [1.165, 1.54) is 14.2 Å². The van der Waals surface area contributed by atoms with Crippen LogP contribution < -0.4 is 18.9 Å². The van der Waals surface area contributed by atoms with Crippen LogP contribution in [0.15, 0.2) is 36.4 Å². The highest BCUT2D eigenvalue weighted by Gasteiger charge is 2.16. The SMILES string of the molecule is COC(=O)c1cc(OC)c(OC)cc1/C=C/Cc1ccc(OC)c(OC)c1. The van der Waals surface area contributed by atoms with Gasteiger partial charge in [-0.05, 0) is 41.8 Å². The average Bonchev–Trinajstić information content (AvgIpc) is 2.72. The van der Waals surface area contributed by atoms with Crippen molar-refractivity contribution >= 4 is 12.0 Å². The van der Waals surface area contributed by atoms with E-state index >= 15 is 0 Å². The molecule has 0 saturated carbocycles. The summed E-state index contributed by atoms with van der Waals surface area (Å²) in [7, 11) is 7.61. The zero-order valence-corrected chi connectivity index (χ0v) is 16.2. The number of benzene rings is 2. The summed E-state index contributed by atoms with van der Waals surface area (Å²) >= 11 is 0. The smallest absolute Gasteiger partial charge is 0.338 e. The Morgan fingerprint density at radius 3 is 2.00 bits per heavy atom. The molecule has 0 radical (unpaired) electrons. The minimum absolute atomic E-state index is 0.402. The number of methoxy groups -OCH3 is 5. The summed E-state index contributed by atoms with van der Waals surface area (Å²) in [5, 5.41) is 0. The fourth-order valence-electron chi connectivity index (χ4n) is 2.65. The van der Waals surface area contributed by atoms with E-state index in [0.717, 1.165) is 5.56 Å². The molecule has 0 aromatic heterocycles. The van der Waals surface area contributed by atoms with Crippen LogP contribution in [-0.2, 0) is 11.2 Å². The zero-order valence-electron chi connectivity index (χ0n) is 16.2. The molecule has 0 spiro atoms. The van der Waals surface area contributed by atoms with Gasteiger partial charge in [-0.15, -0.1) is 0 Å². The van der Waals surface area contributed by atoms with Crippen LogP contribution in [0.2, 0.25) is 0 Å². The Morgan fingerprint density at radius 1 is 0.815 bits per heavy atom. The molecule has 0 amide bonds. The molecule has 2 aromatic carbocycles. The van der Waals surface area contributed by atoms with Crippen LogP contribution in [0.1, 0.15) is 21.5 Å². The van der Waals surface area contributed by atoms with Gasteiger partial charge in [-0.3, -0.25) is 0 Å². The molecule has 0 aliphatic rings. The molecule has 0 unspecified atom stereocenters. The monoisotopic (exact) mass is 372 g/mol. The average molecular weight is 372 g/mol. The topological polar surface area (TPSA) is 63.2 Å². The number of esters is 1. The third-order valence-electron chi connectivity index (χ3n) is 4.06. The maximum atomic E-state index is 12.1. The summed E-state index contributed by atoms with van der Waals surface area (Å²) in [6, 6.07) is 9.09. The maximum Gasteiger partial charge on any atom is 0.338 e. The lowest BCUT2D eigenvalue weighted by Gasteiger charge is -2.12. The van der Waals surface area contributed by atoms with Crippen molar-refractivity contribution in [1.82, 2.24) is 0 Å². The summed E-state index contributed by atoms with van der Waals surface area (Å²) in [4.78, 5) is 12.1. The second kappa shape index (κ2) is 9.52. The fourth-order valence-corrected chi connectivity index (χ4v) is 2.65. The minimum atomic E-state index is -0.443. The molecular formula is C21H24O6. The largest absolute Gasteiger partial charge is 0.493 e. The van der Waals surface area contributed by atoms with E-state index in [2.05, 4.69) is 0 Å². The highest BCUT2D eigenvalue weighted by atomic mass is 16.5. The normalized spacial score (nSPS) is 10.6. The van der Waals surface area contributed by atoms with Gasteiger partial charge in [-0.2, -0.15) is 0 Å². The minimum Gasteiger partial charge on any atom is -0.493 e. The number of carbonyl (C=O) groups excluding carboxylic acids is 1. The van der Waals surface area contributed by atoms with Gasteiger partial charge < -0.3 is 23.7 Å². The number of hydrogen-bond acceptors (Lipinski definition) is 6. The van der Waals surface area contributed by atoms with E-state index in [1.807, 2.05) is 30.4 Å². The van der Waals surface area contributed by atoms with Crippen molar-refractivity contribution in [2.45, 2.75) is 6.42 Å². The van der Waals surface area contributed by atoms with Gasteiger partial charge in [0.25, 0.3) is 0 Å². The van der Waals surface area contributed by atoms with E-state index in [9.17, 15) is 4.79 Å². The van der Waals surface area contributed by atoms with Gasteiger partial charge in [-0.1, -0.05) is 18.2 Å². The van der Waals surface area contributed by atoms with Gasteiger partial charge in [0.2, 0.25) is 0 Å². The fraction of sp³-hybridized carbons (Fsp3) is 0.286. The summed E-state index contributed by atoms with van der Waals surface area (Å²) in [5.74, 6) is 1.91. The highest BCUT2D eigenvalue weighted by Crippen LogP contribution is 2.32. The number of allylic oxidation sites excluding steroid dienone is 1. The first-order valence-electron chi connectivity index (χ1n) is 8.29. The van der Waals surface area contributed by atoms with E-state index in [0.29, 0.717) is 40.5 Å². The molecule has 0 heterocycles. The molecule has 6 nitrogen and oxygen atoms in total. The summed E-state index contributed by atoms with van der Waals surface area (Å²) < 4.78 is 26.0. The van der Waals surface area contributed by atoms with E-state index in [4.69, 9.17) is 23.7 Å². The molecule has 0 bridgehead atoms. The summed E-state index contributed by atoms with van der Waals surface area (Å²) in [6.07, 6.45) is 4.45. The first-order valence-corrected chi connectivity index (χ1v) is 8.29. The van der Waals surface area contributed by atoms with Crippen molar-refractivity contribution in [1.29, 1.82) is 0 Å². The van der Waals surface area contributed by atoms with Gasteiger partial charge in [-0.25, -0.2) is 4.79 Å². The molecule has 0 atom stereocenters. The number of rotatable bonds is 8. The predicted octanol–water partition coefficient (Wildman–Crippen LogP) is 3.76. The molecular weight excluding hydrogens is 348 g/mol. The molecule has 2 rings (SSSR count). The predicted molar refractivity (Wildman–Crippen MR) is 103 cm³/mol. The zero-order chi connectivity index (χ0) is 19.8. The molecule has 27 heavy (non-hydrogen) atoms. The van der Waals surface area contributed by atoms with Gasteiger partial charge in [0, 0.05) is 0 Å². The van der Waals surface area contributed by atoms with Crippen molar-refractivity contribution in [2.75, 3.05) is 35.5 Å². The third-order valence-corrected chi connectivity index (χ3v) is 4.06. The molecule has 0 saturated heterocycles. The molecule has 6 heteroatoms. The third kappa shape index (κ3) is 4.73. The lowest BCUT2D eigenvalue weighted by Crippen LogP contribution is -2.05. The van der Waals surface area contributed by atoms with Crippen molar-refractivity contribution in [3.63, 3.8) is 0 Å². The Morgan fingerprint density at radius 2 is 1.41 bits per heavy atom. The van der Waals surface area contributed by atoms with Crippen molar-refractivity contribution < 1.29 is 28.5 Å². The van der Waals surface area contributed by atoms with E-state index in [-0.39, 0.29) is 0 Å². The number of ether oxygens (including phenoxy) is 5. The Kier molecular flexibility index (Phi) is 7.11. The summed E-state index contributed by atoms with van der Waals surface area (Å²) in [5.41, 5.74) is 2.13. The molecule has 2 aromatic rings. The van der Waals surface area contributed by atoms with Gasteiger partial charge >= 0.3 is 5.97 Å². The first kappa shape index (κ1) is 20.2. The van der Waals surface area contributed by atoms with Crippen LogP contribution in [0.5, 0.6) is 23.0 Å². The first-order chi connectivity index (χ1) is 13.1. The van der Waals surface area contributed by atoms with Crippen LogP contribution in [0.4, 0.5) is 0 Å². The highest BCUT2D eigenvalue weighted by molar-refractivity contribution is 5.94. The van der Waals surface area contributed by atoms with Crippen molar-refractivity contribution in [2.24, 2.45) is 0 Å². The Balaban J connectivity index is 2.31. The Bertz CT molecular complexity index is 826. The quantitative estimate of drug-likeness (QED) is 0.658. The molecule has 0 N–H and O–H groups in total. The molecule has 0 aliphatic heterocycles.